The summed E-state index contributed by atoms with van der Waals surface area (Å²) in [7, 11) is 0. The second kappa shape index (κ2) is 5.88. The first-order chi connectivity index (χ1) is 10.1. The fraction of sp³-hybridized carbons (Fsp3) is 0.900. The Hall–Kier alpha value is -1.34. The quantitative estimate of drug-likeness (QED) is 0.745. The number of amides is 1. The van der Waals surface area contributed by atoms with Gasteiger partial charge in [-0.15, -0.1) is 0 Å². The van der Waals surface area contributed by atoms with Crippen LogP contribution in [0.15, 0.2) is 0 Å². The van der Waals surface area contributed by atoms with Gasteiger partial charge in [0.05, 0.1) is 0 Å². The summed E-state index contributed by atoms with van der Waals surface area (Å²) in [4.78, 5) is 11.2. The van der Waals surface area contributed by atoms with E-state index >= 15 is 0 Å². The molecule has 3 nitrogen and oxygen atoms in total. The Morgan fingerprint density at radius 2 is 1.12 bits per heavy atom. The smallest absolute Gasteiger partial charge is 0.346 e. The summed E-state index contributed by atoms with van der Waals surface area (Å²) in [5.74, 6) is -16.4. The van der Waals surface area contributed by atoms with Crippen molar-refractivity contribution in [3.05, 3.63) is 0 Å². The molecular formula is C10H10F11NO2. The molecule has 0 heterocycles. The van der Waals surface area contributed by atoms with Gasteiger partial charge in [-0.05, 0) is 20.8 Å². The minimum atomic E-state index is -7.20. The molecule has 0 aromatic carbocycles. The lowest BCUT2D eigenvalue weighted by atomic mass is 10.1. The number of carbonyl (C=O) groups excluding carboxylic acids is 1. The van der Waals surface area contributed by atoms with Crippen LogP contribution in [0.3, 0.4) is 0 Å². The number of nitrogens with one attached hydrogen (secondary N) is 1. The van der Waals surface area contributed by atoms with Crippen LogP contribution in [-0.2, 0) is 9.53 Å². The van der Waals surface area contributed by atoms with Crippen LogP contribution in [0.2, 0.25) is 0 Å². The minimum absolute atomic E-state index is 0.949. The predicted molar refractivity (Wildman–Crippen MR) is 54.8 cm³/mol. The van der Waals surface area contributed by atoms with E-state index in [-0.39, 0.29) is 0 Å². The molecule has 1 atom stereocenters. The van der Waals surface area contributed by atoms with Crippen molar-refractivity contribution in [3.8, 4) is 0 Å². The van der Waals surface area contributed by atoms with Gasteiger partial charge in [-0.3, -0.25) is 9.53 Å². The molecule has 1 N–H and O–H groups in total. The van der Waals surface area contributed by atoms with Crippen LogP contribution in [0.4, 0.5) is 48.3 Å². The van der Waals surface area contributed by atoms with Crippen LogP contribution in [0.1, 0.15) is 20.8 Å². The normalized spacial score (nSPS) is 17.4. The standard InChI is InChI=1S/C10H10F11NO2/c1-5(2,3)22-4(23)6(11,8(14,15)16)24-10(20,21)7(12,13)9(17,18)19/h1-3H3,(H,22,23)/t6-/m1/s1. The second-order valence-corrected chi connectivity index (χ2v) is 5.49. The van der Waals surface area contributed by atoms with Gasteiger partial charge >= 0.3 is 30.2 Å². The molecule has 24 heavy (non-hydrogen) atoms. The Morgan fingerprint density at radius 1 is 0.750 bits per heavy atom. The topological polar surface area (TPSA) is 38.3 Å². The summed E-state index contributed by atoms with van der Waals surface area (Å²) >= 11 is 0. The first-order valence-electron chi connectivity index (χ1n) is 5.69. The zero-order valence-electron chi connectivity index (χ0n) is 12.0. The highest BCUT2D eigenvalue weighted by atomic mass is 19.4. The fourth-order valence-electron chi connectivity index (χ4n) is 1.06. The SMILES string of the molecule is CC(C)(C)NC(=O)[C@@](F)(OC(F)(F)C(F)(F)C(F)(F)F)C(F)(F)F. The van der Waals surface area contributed by atoms with E-state index in [1.54, 1.807) is 0 Å². The Morgan fingerprint density at radius 3 is 1.38 bits per heavy atom. The lowest BCUT2D eigenvalue weighted by Gasteiger charge is -2.35. The van der Waals surface area contributed by atoms with Crippen molar-refractivity contribution in [2.75, 3.05) is 0 Å². The van der Waals surface area contributed by atoms with Crippen molar-refractivity contribution in [3.63, 3.8) is 0 Å². The van der Waals surface area contributed by atoms with Crippen LogP contribution in [-0.4, -0.2) is 41.7 Å². The van der Waals surface area contributed by atoms with Gasteiger partial charge in [0, 0.05) is 5.54 Å². The number of alkyl halides is 11. The van der Waals surface area contributed by atoms with Gasteiger partial charge in [-0.1, -0.05) is 0 Å². The van der Waals surface area contributed by atoms with E-state index < -0.39 is 41.7 Å². The highest BCUT2D eigenvalue weighted by Gasteiger charge is 2.79. The summed E-state index contributed by atoms with van der Waals surface area (Å²) in [6, 6.07) is 0. The molecule has 0 radical (unpaired) electrons. The zero-order valence-corrected chi connectivity index (χ0v) is 12.0. The molecule has 0 rings (SSSR count). The maximum absolute atomic E-state index is 13.7. The molecule has 0 unspecified atom stereocenters. The van der Waals surface area contributed by atoms with Crippen molar-refractivity contribution >= 4 is 5.91 Å². The van der Waals surface area contributed by atoms with E-state index in [0.717, 1.165) is 26.1 Å². The lowest BCUT2D eigenvalue weighted by molar-refractivity contribution is -0.473. The van der Waals surface area contributed by atoms with Crippen LogP contribution in [0.5, 0.6) is 0 Å². The van der Waals surface area contributed by atoms with Crippen LogP contribution >= 0.6 is 0 Å². The van der Waals surface area contributed by atoms with Gasteiger partial charge in [-0.25, -0.2) is 0 Å². The van der Waals surface area contributed by atoms with E-state index in [2.05, 4.69) is 4.74 Å². The Labute approximate surface area is 127 Å². The monoisotopic (exact) mass is 385 g/mol. The second-order valence-electron chi connectivity index (χ2n) is 5.49. The average molecular weight is 385 g/mol. The third kappa shape index (κ3) is 4.39. The molecule has 0 bridgehead atoms. The molecule has 0 aromatic heterocycles. The first-order valence-corrected chi connectivity index (χ1v) is 5.69. The molecule has 14 heteroatoms. The molecule has 0 aliphatic heterocycles. The van der Waals surface area contributed by atoms with E-state index in [1.165, 1.54) is 0 Å². The van der Waals surface area contributed by atoms with Gasteiger partial charge in [0.25, 0.3) is 5.91 Å². The third-order valence-corrected chi connectivity index (χ3v) is 2.14. The summed E-state index contributed by atoms with van der Waals surface area (Å²) in [6.45, 7) is 2.85. The minimum Gasteiger partial charge on any atom is -0.346 e. The summed E-state index contributed by atoms with van der Waals surface area (Å²) in [6.07, 6.45) is -20.8. The average Bonchev–Trinajstić information content (AvgIpc) is 2.22. The van der Waals surface area contributed by atoms with Gasteiger partial charge in [-0.2, -0.15) is 48.3 Å². The van der Waals surface area contributed by atoms with E-state index in [0.29, 0.717) is 0 Å². The van der Waals surface area contributed by atoms with Crippen LogP contribution in [0, 0.1) is 0 Å². The van der Waals surface area contributed by atoms with Crippen LogP contribution < -0.4 is 5.32 Å². The van der Waals surface area contributed by atoms with Crippen molar-refractivity contribution < 1.29 is 57.8 Å². The maximum Gasteiger partial charge on any atom is 0.462 e. The number of hydrogen-bond donors (Lipinski definition) is 1. The zero-order chi connectivity index (χ0) is 20.0. The molecule has 0 aliphatic rings. The van der Waals surface area contributed by atoms with Gasteiger partial charge in [0.2, 0.25) is 0 Å². The number of rotatable bonds is 4. The summed E-state index contributed by atoms with van der Waals surface area (Å²) in [5.41, 5.74) is -1.69. The largest absolute Gasteiger partial charge is 0.462 e. The number of carbonyl (C=O) groups is 1. The van der Waals surface area contributed by atoms with E-state index in [1.807, 2.05) is 0 Å². The molecule has 0 saturated heterocycles. The maximum atomic E-state index is 13.7. The van der Waals surface area contributed by atoms with Crippen molar-refractivity contribution in [2.24, 2.45) is 0 Å². The number of hydrogen-bond acceptors (Lipinski definition) is 2. The predicted octanol–water partition coefficient (Wildman–Crippen LogP) is 3.94. The van der Waals surface area contributed by atoms with Crippen molar-refractivity contribution in [1.82, 2.24) is 5.32 Å². The highest BCUT2D eigenvalue weighted by molar-refractivity contribution is 5.85. The van der Waals surface area contributed by atoms with Gasteiger partial charge in [0.1, 0.15) is 0 Å². The number of halogens is 11. The van der Waals surface area contributed by atoms with Crippen molar-refractivity contribution in [2.45, 2.75) is 56.5 Å². The summed E-state index contributed by atoms with van der Waals surface area (Å²) < 4.78 is 140. The van der Waals surface area contributed by atoms with Gasteiger partial charge in [0.15, 0.2) is 0 Å². The molecule has 1 amide bonds. The summed E-state index contributed by atoms with van der Waals surface area (Å²) in [5, 5.41) is 1.16. The van der Waals surface area contributed by atoms with Crippen LogP contribution in [0.25, 0.3) is 0 Å². The lowest BCUT2D eigenvalue weighted by Crippen LogP contribution is -2.65. The van der Waals surface area contributed by atoms with Gasteiger partial charge < -0.3 is 5.32 Å². The Balaban J connectivity index is 5.96. The highest BCUT2D eigenvalue weighted by Crippen LogP contribution is 2.51. The Bertz CT molecular complexity index is 477. The van der Waals surface area contributed by atoms with E-state index in [4.69, 9.17) is 0 Å². The first kappa shape index (κ1) is 22.7. The number of ether oxygens (including phenoxy) is 1. The molecule has 0 aliphatic carbocycles. The Kier molecular flexibility index (Phi) is 5.55. The molecule has 0 saturated carbocycles. The molecule has 0 fully saturated rings. The molecule has 0 aromatic rings. The molecular weight excluding hydrogens is 375 g/mol. The third-order valence-electron chi connectivity index (χ3n) is 2.14. The molecule has 144 valence electrons. The molecule has 0 spiro atoms. The fourth-order valence-corrected chi connectivity index (χ4v) is 1.06. The van der Waals surface area contributed by atoms with E-state index in [9.17, 15) is 53.1 Å². The van der Waals surface area contributed by atoms with Crippen molar-refractivity contribution in [1.29, 1.82) is 0 Å².